The lowest BCUT2D eigenvalue weighted by molar-refractivity contribution is 0.0347. The maximum absolute atomic E-state index is 11.5. The van der Waals surface area contributed by atoms with Crippen LogP contribution in [0, 0.1) is 0 Å². The van der Waals surface area contributed by atoms with Crippen molar-refractivity contribution in [3.05, 3.63) is 76.8 Å². The van der Waals surface area contributed by atoms with Gasteiger partial charge in [0.15, 0.2) is 5.11 Å². The summed E-state index contributed by atoms with van der Waals surface area (Å²) in [6.07, 6.45) is 1.76. The van der Waals surface area contributed by atoms with Gasteiger partial charge in [-0.3, -0.25) is 9.88 Å². The average Bonchev–Trinajstić information content (AvgIpc) is 3.48. The third-order valence-electron chi connectivity index (χ3n) is 6.36. The number of pyridine rings is 1. The van der Waals surface area contributed by atoms with E-state index in [-0.39, 0.29) is 17.6 Å². The van der Waals surface area contributed by atoms with E-state index in [0.29, 0.717) is 33.8 Å². The van der Waals surface area contributed by atoms with Crippen LogP contribution in [0.25, 0.3) is 11.3 Å². The van der Waals surface area contributed by atoms with Crippen LogP contribution in [0.4, 0.5) is 0 Å². The Kier molecular flexibility index (Phi) is 7.01. The number of carbonyl (C=O) groups is 1. The number of hydrogen-bond acceptors (Lipinski definition) is 6. The van der Waals surface area contributed by atoms with Crippen molar-refractivity contribution >= 4 is 34.9 Å². The van der Waals surface area contributed by atoms with Crippen molar-refractivity contribution in [3.63, 3.8) is 0 Å². The largest absolute Gasteiger partial charge is 0.478 e. The van der Waals surface area contributed by atoms with Gasteiger partial charge in [0.25, 0.3) is 0 Å². The topological polar surface area (TPSA) is 91.1 Å². The summed E-state index contributed by atoms with van der Waals surface area (Å²) in [7, 11) is 0. The van der Waals surface area contributed by atoms with Crippen LogP contribution < -0.4 is 5.32 Å². The summed E-state index contributed by atoms with van der Waals surface area (Å²) >= 11 is 12.1. The highest BCUT2D eigenvalue weighted by Crippen LogP contribution is 2.41. The highest BCUT2D eigenvalue weighted by atomic mass is 35.5. The van der Waals surface area contributed by atoms with Gasteiger partial charge in [-0.1, -0.05) is 17.7 Å². The van der Waals surface area contributed by atoms with E-state index in [0.717, 1.165) is 38.5 Å². The van der Waals surface area contributed by atoms with E-state index in [1.165, 1.54) is 12.1 Å². The predicted octanol–water partition coefficient (Wildman–Crippen LogP) is 4.00. The van der Waals surface area contributed by atoms with Crippen LogP contribution in [0.3, 0.4) is 0 Å². The quantitative estimate of drug-likeness (QED) is 0.456. The minimum absolute atomic E-state index is 0.143. The summed E-state index contributed by atoms with van der Waals surface area (Å²) in [6, 6.07) is 13.7. The fraction of sp³-hybridized carbons (Fsp3) is 0.320. The molecule has 0 amide bonds. The number of carboxylic acids is 1. The summed E-state index contributed by atoms with van der Waals surface area (Å²) in [6.45, 7) is 4.82. The van der Waals surface area contributed by atoms with Crippen molar-refractivity contribution in [1.82, 2.24) is 20.1 Å². The summed E-state index contributed by atoms with van der Waals surface area (Å²) in [4.78, 5) is 20.5. The zero-order valence-electron chi connectivity index (χ0n) is 18.9. The molecule has 1 aromatic carbocycles. The number of thiocarbonyl (C=S) groups is 1. The molecule has 0 bridgehead atoms. The van der Waals surface area contributed by atoms with Crippen molar-refractivity contribution in [2.45, 2.75) is 12.1 Å². The molecular formula is C25H25ClN4O4S. The number of aromatic carboxylic acids is 1. The van der Waals surface area contributed by atoms with E-state index in [4.69, 9.17) is 33.0 Å². The maximum Gasteiger partial charge on any atom is 0.335 e. The molecule has 0 unspecified atom stereocenters. The van der Waals surface area contributed by atoms with E-state index in [2.05, 4.69) is 20.1 Å². The summed E-state index contributed by atoms with van der Waals surface area (Å²) in [5.74, 6) is 0.171. The van der Waals surface area contributed by atoms with Crippen molar-refractivity contribution in [2.24, 2.45) is 0 Å². The number of carboxylic acid groups (broad SMARTS) is 1. The first-order valence-corrected chi connectivity index (χ1v) is 12.2. The van der Waals surface area contributed by atoms with E-state index in [9.17, 15) is 9.90 Å². The molecule has 2 N–H and O–H groups in total. The van der Waals surface area contributed by atoms with E-state index in [1.807, 2.05) is 30.3 Å². The van der Waals surface area contributed by atoms with Gasteiger partial charge in [-0.15, -0.1) is 0 Å². The van der Waals surface area contributed by atoms with Crippen molar-refractivity contribution in [3.8, 4) is 11.3 Å². The van der Waals surface area contributed by atoms with Crippen molar-refractivity contribution in [2.75, 3.05) is 39.4 Å². The SMILES string of the molecule is O=C(O)c1ccc(Cl)c(-c2ccc([C@H]3[C@@H](c4ccccn4)NC(=S)N3CCN3CCOCC3)o2)c1. The molecule has 5 rings (SSSR count). The molecule has 2 fully saturated rings. The van der Waals surface area contributed by atoms with Gasteiger partial charge >= 0.3 is 5.97 Å². The molecule has 0 aliphatic carbocycles. The first-order valence-electron chi connectivity index (χ1n) is 11.4. The Morgan fingerprint density at radius 2 is 2.00 bits per heavy atom. The van der Waals surface area contributed by atoms with Crippen LogP contribution in [-0.2, 0) is 4.74 Å². The van der Waals surface area contributed by atoms with E-state index in [1.54, 1.807) is 12.3 Å². The summed E-state index contributed by atoms with van der Waals surface area (Å²) < 4.78 is 11.8. The first-order chi connectivity index (χ1) is 17.0. The molecule has 0 radical (unpaired) electrons. The molecule has 2 aliphatic rings. The van der Waals surface area contributed by atoms with Gasteiger partial charge in [0.2, 0.25) is 0 Å². The zero-order valence-corrected chi connectivity index (χ0v) is 20.5. The molecule has 2 aromatic heterocycles. The Morgan fingerprint density at radius 3 is 2.74 bits per heavy atom. The Morgan fingerprint density at radius 1 is 1.17 bits per heavy atom. The summed E-state index contributed by atoms with van der Waals surface area (Å²) in [5.41, 5.74) is 1.53. The van der Waals surface area contributed by atoms with Gasteiger partial charge in [0.05, 0.1) is 35.5 Å². The second-order valence-corrected chi connectivity index (χ2v) is 9.27. The zero-order chi connectivity index (χ0) is 24.4. The maximum atomic E-state index is 11.5. The molecule has 35 heavy (non-hydrogen) atoms. The van der Waals surface area contributed by atoms with Gasteiger partial charge in [-0.25, -0.2) is 4.79 Å². The van der Waals surface area contributed by atoms with Crippen LogP contribution in [-0.4, -0.2) is 70.4 Å². The predicted molar refractivity (Wildman–Crippen MR) is 136 cm³/mol. The molecule has 2 saturated heterocycles. The molecule has 3 aromatic rings. The monoisotopic (exact) mass is 512 g/mol. The molecule has 2 atom stereocenters. The molecule has 0 saturated carbocycles. The lowest BCUT2D eigenvalue weighted by Gasteiger charge is -2.31. The Labute approximate surface area is 213 Å². The molecule has 182 valence electrons. The van der Waals surface area contributed by atoms with Gasteiger partial charge in [-0.2, -0.15) is 0 Å². The van der Waals surface area contributed by atoms with Crippen LogP contribution in [0.1, 0.15) is 33.9 Å². The lowest BCUT2D eigenvalue weighted by atomic mass is 10.0. The number of morpholine rings is 1. The van der Waals surface area contributed by atoms with Crippen LogP contribution >= 0.6 is 23.8 Å². The molecule has 2 aliphatic heterocycles. The lowest BCUT2D eigenvalue weighted by Crippen LogP contribution is -2.42. The Hall–Kier alpha value is -2.98. The number of aromatic nitrogens is 1. The molecular weight excluding hydrogens is 488 g/mol. The Balaban J connectivity index is 1.47. The number of halogens is 1. The van der Waals surface area contributed by atoms with Crippen LogP contribution in [0.15, 0.2) is 59.1 Å². The highest BCUT2D eigenvalue weighted by Gasteiger charge is 2.41. The number of hydrogen-bond donors (Lipinski definition) is 2. The van der Waals surface area contributed by atoms with Gasteiger partial charge in [-0.05, 0) is 54.7 Å². The number of ether oxygens (including phenoxy) is 1. The number of benzene rings is 1. The third-order valence-corrected chi connectivity index (χ3v) is 7.04. The molecule has 4 heterocycles. The highest BCUT2D eigenvalue weighted by molar-refractivity contribution is 7.80. The van der Waals surface area contributed by atoms with Gasteiger partial charge in [0.1, 0.15) is 17.6 Å². The van der Waals surface area contributed by atoms with Crippen LogP contribution in [0.2, 0.25) is 5.02 Å². The Bertz CT molecular complexity index is 1220. The van der Waals surface area contributed by atoms with Gasteiger partial charge < -0.3 is 24.5 Å². The number of furan rings is 1. The fourth-order valence-electron chi connectivity index (χ4n) is 4.53. The first kappa shape index (κ1) is 23.7. The number of nitrogens with zero attached hydrogens (tertiary/aromatic N) is 3. The minimum atomic E-state index is -1.02. The summed E-state index contributed by atoms with van der Waals surface area (Å²) in [5, 5.41) is 13.9. The van der Waals surface area contributed by atoms with Crippen molar-refractivity contribution < 1.29 is 19.1 Å². The standard InChI is InChI=1S/C25H25ClN4O4S/c26-18-5-4-16(24(31)32)15-17(18)20-6-7-21(34-20)23-22(19-3-1-2-8-27-19)28-25(35)30(23)10-9-29-11-13-33-14-12-29/h1-8,15,22-23H,9-14H2,(H,28,35)(H,31,32)/t22-,23+/m1/s1. The average molecular weight is 513 g/mol. The van der Waals surface area contributed by atoms with Gasteiger partial charge in [0, 0.05) is 37.9 Å². The smallest absolute Gasteiger partial charge is 0.335 e. The number of rotatable bonds is 7. The van der Waals surface area contributed by atoms with Crippen molar-refractivity contribution in [1.29, 1.82) is 0 Å². The molecule has 0 spiro atoms. The third kappa shape index (κ3) is 5.04. The molecule has 8 nitrogen and oxygen atoms in total. The second-order valence-electron chi connectivity index (χ2n) is 8.48. The van der Waals surface area contributed by atoms with E-state index >= 15 is 0 Å². The fourth-order valence-corrected chi connectivity index (χ4v) is 5.08. The normalized spacial score (nSPS) is 20.7. The molecule has 10 heteroatoms. The van der Waals surface area contributed by atoms with Crippen LogP contribution in [0.5, 0.6) is 0 Å². The number of nitrogens with one attached hydrogen (secondary N) is 1. The second kappa shape index (κ2) is 10.3. The van der Waals surface area contributed by atoms with E-state index < -0.39 is 5.97 Å². The minimum Gasteiger partial charge on any atom is -0.478 e.